The fraction of sp³-hybridized carbons (Fsp3) is 0.438. The molecule has 0 aromatic carbocycles. The van der Waals surface area contributed by atoms with Gasteiger partial charge in [0.1, 0.15) is 23.5 Å². The number of aromatic nitrogens is 4. The predicted octanol–water partition coefficient (Wildman–Crippen LogP) is 1.84. The van der Waals surface area contributed by atoms with E-state index in [4.69, 9.17) is 5.26 Å². The highest BCUT2D eigenvalue weighted by Crippen LogP contribution is 2.20. The molecule has 1 saturated heterocycles. The van der Waals surface area contributed by atoms with Crippen molar-refractivity contribution in [2.75, 3.05) is 23.3 Å². The van der Waals surface area contributed by atoms with Gasteiger partial charge in [-0.2, -0.15) is 5.26 Å². The van der Waals surface area contributed by atoms with Gasteiger partial charge in [0, 0.05) is 30.9 Å². The first-order valence-corrected chi connectivity index (χ1v) is 7.70. The van der Waals surface area contributed by atoms with E-state index in [0.29, 0.717) is 11.7 Å². The van der Waals surface area contributed by atoms with Gasteiger partial charge in [-0.05, 0) is 26.7 Å². The molecule has 1 fully saturated rings. The summed E-state index contributed by atoms with van der Waals surface area (Å²) in [6.07, 6.45) is 5.11. The number of anilines is 2. The Balaban J connectivity index is 1.58. The van der Waals surface area contributed by atoms with E-state index in [9.17, 15) is 0 Å². The lowest BCUT2D eigenvalue weighted by Gasteiger charge is -2.33. The number of aryl methyl sites for hydroxylation is 2. The Labute approximate surface area is 135 Å². The minimum Gasteiger partial charge on any atom is -0.366 e. The van der Waals surface area contributed by atoms with Crippen LogP contribution in [0.3, 0.4) is 0 Å². The number of hydrogen-bond acceptors (Lipinski definition) is 7. The molecule has 1 aliphatic heterocycles. The standard InChI is InChI=1S/C16H19N7/c1-11-7-16(21-12(2)20-11)23-5-3-13(4-6-23)22-15-10-18-14(8-17)9-19-15/h7,9-10,13H,3-6H2,1-2H3,(H,19,22). The lowest BCUT2D eigenvalue weighted by molar-refractivity contribution is 0.521. The van der Waals surface area contributed by atoms with E-state index in [1.54, 1.807) is 6.20 Å². The van der Waals surface area contributed by atoms with E-state index < -0.39 is 0 Å². The van der Waals surface area contributed by atoms with Crippen molar-refractivity contribution >= 4 is 11.6 Å². The monoisotopic (exact) mass is 309 g/mol. The molecule has 23 heavy (non-hydrogen) atoms. The fourth-order valence-corrected chi connectivity index (χ4v) is 2.78. The van der Waals surface area contributed by atoms with E-state index in [2.05, 4.69) is 30.2 Å². The van der Waals surface area contributed by atoms with Gasteiger partial charge in [0.25, 0.3) is 0 Å². The third kappa shape index (κ3) is 3.72. The van der Waals surface area contributed by atoms with Crippen LogP contribution in [0.2, 0.25) is 0 Å². The van der Waals surface area contributed by atoms with Crippen molar-refractivity contribution in [2.45, 2.75) is 32.7 Å². The molecule has 0 radical (unpaired) electrons. The lowest BCUT2D eigenvalue weighted by atomic mass is 10.1. The largest absolute Gasteiger partial charge is 0.366 e. The summed E-state index contributed by atoms with van der Waals surface area (Å²) in [5.41, 5.74) is 1.33. The zero-order chi connectivity index (χ0) is 16.2. The predicted molar refractivity (Wildman–Crippen MR) is 87.1 cm³/mol. The van der Waals surface area contributed by atoms with Crippen molar-refractivity contribution in [2.24, 2.45) is 0 Å². The topological polar surface area (TPSA) is 90.6 Å². The van der Waals surface area contributed by atoms with Gasteiger partial charge in [-0.3, -0.25) is 0 Å². The van der Waals surface area contributed by atoms with Crippen LogP contribution in [0, 0.1) is 25.2 Å². The second kappa shape index (κ2) is 6.57. The van der Waals surface area contributed by atoms with Crippen LogP contribution in [-0.4, -0.2) is 39.1 Å². The summed E-state index contributed by atoms with van der Waals surface area (Å²) >= 11 is 0. The summed E-state index contributed by atoms with van der Waals surface area (Å²) in [6.45, 7) is 5.80. The third-order valence-electron chi connectivity index (χ3n) is 3.89. The van der Waals surface area contributed by atoms with Gasteiger partial charge in [-0.15, -0.1) is 0 Å². The highest BCUT2D eigenvalue weighted by Gasteiger charge is 2.20. The van der Waals surface area contributed by atoms with Gasteiger partial charge in [-0.25, -0.2) is 19.9 Å². The maximum absolute atomic E-state index is 8.74. The van der Waals surface area contributed by atoms with E-state index >= 15 is 0 Å². The van der Waals surface area contributed by atoms with Crippen molar-refractivity contribution in [3.8, 4) is 6.07 Å². The Hall–Kier alpha value is -2.75. The van der Waals surface area contributed by atoms with Crippen LogP contribution in [0.15, 0.2) is 18.5 Å². The maximum Gasteiger partial charge on any atom is 0.158 e. The minimum atomic E-state index is 0.333. The molecule has 3 heterocycles. The van der Waals surface area contributed by atoms with E-state index in [1.165, 1.54) is 6.20 Å². The Morgan fingerprint density at radius 3 is 2.57 bits per heavy atom. The van der Waals surface area contributed by atoms with Crippen LogP contribution >= 0.6 is 0 Å². The van der Waals surface area contributed by atoms with E-state index in [1.807, 2.05) is 26.0 Å². The number of rotatable bonds is 3. The molecule has 0 atom stereocenters. The maximum atomic E-state index is 8.74. The number of nitriles is 1. The number of piperidine rings is 1. The number of hydrogen-bond donors (Lipinski definition) is 1. The van der Waals surface area contributed by atoms with Crippen LogP contribution in [-0.2, 0) is 0 Å². The molecule has 3 rings (SSSR count). The molecule has 0 saturated carbocycles. The quantitative estimate of drug-likeness (QED) is 0.925. The SMILES string of the molecule is Cc1cc(N2CCC(Nc3cnc(C#N)cn3)CC2)nc(C)n1. The van der Waals surface area contributed by atoms with Crippen LogP contribution in [0.25, 0.3) is 0 Å². The molecule has 0 aliphatic carbocycles. The third-order valence-corrected chi connectivity index (χ3v) is 3.89. The molecule has 0 amide bonds. The van der Waals surface area contributed by atoms with Crippen molar-refractivity contribution in [1.82, 2.24) is 19.9 Å². The molecule has 2 aromatic rings. The Kier molecular flexibility index (Phi) is 4.33. The van der Waals surface area contributed by atoms with Crippen LogP contribution in [0.1, 0.15) is 30.1 Å². The molecule has 0 unspecified atom stereocenters. The highest BCUT2D eigenvalue weighted by atomic mass is 15.2. The van der Waals surface area contributed by atoms with Gasteiger partial charge >= 0.3 is 0 Å². The molecule has 7 nitrogen and oxygen atoms in total. The molecule has 1 aliphatic rings. The normalized spacial score (nSPS) is 15.3. The summed E-state index contributed by atoms with van der Waals surface area (Å²) in [5, 5.41) is 12.1. The van der Waals surface area contributed by atoms with Crippen molar-refractivity contribution in [3.63, 3.8) is 0 Å². The van der Waals surface area contributed by atoms with Crippen molar-refractivity contribution in [3.05, 3.63) is 35.7 Å². The molecular weight excluding hydrogens is 290 g/mol. The van der Waals surface area contributed by atoms with Crippen molar-refractivity contribution in [1.29, 1.82) is 5.26 Å². The summed E-state index contributed by atoms with van der Waals surface area (Å²) in [4.78, 5) is 19.4. The highest BCUT2D eigenvalue weighted by molar-refractivity contribution is 5.41. The van der Waals surface area contributed by atoms with Gasteiger partial charge in [0.2, 0.25) is 0 Å². The summed E-state index contributed by atoms with van der Waals surface area (Å²) < 4.78 is 0. The first-order valence-electron chi connectivity index (χ1n) is 7.70. The Morgan fingerprint density at radius 2 is 1.96 bits per heavy atom. The molecular formula is C16H19N7. The molecule has 2 aromatic heterocycles. The van der Waals surface area contributed by atoms with Crippen LogP contribution in [0.5, 0.6) is 0 Å². The van der Waals surface area contributed by atoms with E-state index in [-0.39, 0.29) is 0 Å². The zero-order valence-electron chi connectivity index (χ0n) is 13.3. The average Bonchev–Trinajstić information content (AvgIpc) is 2.55. The molecule has 1 N–H and O–H groups in total. The average molecular weight is 309 g/mol. The Morgan fingerprint density at radius 1 is 1.17 bits per heavy atom. The molecule has 0 spiro atoms. The van der Waals surface area contributed by atoms with Gasteiger partial charge in [-0.1, -0.05) is 0 Å². The second-order valence-electron chi connectivity index (χ2n) is 5.72. The second-order valence-corrected chi connectivity index (χ2v) is 5.72. The van der Waals surface area contributed by atoms with Gasteiger partial charge in [0.15, 0.2) is 5.69 Å². The van der Waals surface area contributed by atoms with Crippen molar-refractivity contribution < 1.29 is 0 Å². The molecule has 118 valence electrons. The Bertz CT molecular complexity index is 692. The van der Waals surface area contributed by atoms with E-state index in [0.717, 1.165) is 49.1 Å². The number of nitrogens with zero attached hydrogens (tertiary/aromatic N) is 6. The summed E-state index contributed by atoms with van der Waals surface area (Å²) in [6, 6.07) is 4.36. The minimum absolute atomic E-state index is 0.333. The summed E-state index contributed by atoms with van der Waals surface area (Å²) in [5.74, 6) is 2.54. The smallest absolute Gasteiger partial charge is 0.158 e. The fourth-order valence-electron chi connectivity index (χ4n) is 2.78. The van der Waals surface area contributed by atoms with Gasteiger partial charge < -0.3 is 10.2 Å². The summed E-state index contributed by atoms with van der Waals surface area (Å²) in [7, 11) is 0. The zero-order valence-corrected chi connectivity index (χ0v) is 13.3. The van der Waals surface area contributed by atoms with Gasteiger partial charge in [0.05, 0.1) is 12.4 Å². The number of nitrogens with one attached hydrogen (secondary N) is 1. The first-order chi connectivity index (χ1) is 11.1. The first kappa shape index (κ1) is 15.2. The molecule has 0 bridgehead atoms. The lowest BCUT2D eigenvalue weighted by Crippen LogP contribution is -2.39. The van der Waals surface area contributed by atoms with Crippen LogP contribution < -0.4 is 10.2 Å². The van der Waals surface area contributed by atoms with Crippen LogP contribution in [0.4, 0.5) is 11.6 Å². The molecule has 7 heteroatoms.